The van der Waals surface area contributed by atoms with Crippen LogP contribution in [0.25, 0.3) is 6.08 Å². The second-order valence-electron chi connectivity index (χ2n) is 9.62. The van der Waals surface area contributed by atoms with E-state index in [0.717, 1.165) is 60.2 Å². The summed E-state index contributed by atoms with van der Waals surface area (Å²) in [6.07, 6.45) is 8.63. The molecule has 8 heteroatoms. The summed E-state index contributed by atoms with van der Waals surface area (Å²) < 4.78 is 12.8. The van der Waals surface area contributed by atoms with E-state index < -0.39 is 5.60 Å². The van der Waals surface area contributed by atoms with Gasteiger partial charge in [0.2, 0.25) is 5.91 Å². The van der Waals surface area contributed by atoms with Crippen LogP contribution in [-0.4, -0.2) is 55.2 Å². The lowest BCUT2D eigenvalue weighted by molar-refractivity contribution is -0.149. The van der Waals surface area contributed by atoms with E-state index in [0.29, 0.717) is 5.75 Å². The van der Waals surface area contributed by atoms with Crippen LogP contribution in [0.2, 0.25) is 0 Å². The molecule has 1 aliphatic heterocycles. The number of fused-ring (bicyclic) bond motifs is 1. The third-order valence-electron chi connectivity index (χ3n) is 7.46. The Morgan fingerprint density at radius 2 is 2.17 bits per heavy atom. The van der Waals surface area contributed by atoms with Crippen molar-refractivity contribution in [3.05, 3.63) is 69.4 Å². The molecule has 2 heterocycles. The second kappa shape index (κ2) is 11.4. The Labute approximate surface area is 225 Å². The highest BCUT2D eigenvalue weighted by molar-refractivity contribution is 9.10. The van der Waals surface area contributed by atoms with Crippen LogP contribution in [0.3, 0.4) is 0 Å². The van der Waals surface area contributed by atoms with E-state index in [9.17, 15) is 9.59 Å². The van der Waals surface area contributed by atoms with Gasteiger partial charge in [0.1, 0.15) is 5.75 Å². The lowest BCUT2D eigenvalue weighted by Gasteiger charge is -2.59. The zero-order valence-corrected chi connectivity index (χ0v) is 23.2. The third-order valence-corrected chi connectivity index (χ3v) is 9.12. The van der Waals surface area contributed by atoms with Crippen molar-refractivity contribution in [2.45, 2.75) is 49.7 Å². The van der Waals surface area contributed by atoms with Crippen LogP contribution in [0.1, 0.15) is 43.0 Å². The lowest BCUT2D eigenvalue weighted by atomic mass is 9.55. The second-order valence-corrected chi connectivity index (χ2v) is 11.5. The molecule has 0 bridgehead atoms. The maximum atomic E-state index is 12.8. The summed E-state index contributed by atoms with van der Waals surface area (Å²) in [7, 11) is 1.79. The molecule has 1 amide bonds. The van der Waals surface area contributed by atoms with Gasteiger partial charge in [0, 0.05) is 59.4 Å². The van der Waals surface area contributed by atoms with Crippen LogP contribution in [0.4, 0.5) is 0 Å². The number of esters is 1. The number of thiophene rings is 1. The van der Waals surface area contributed by atoms with Gasteiger partial charge in [-0.05, 0) is 78.0 Å². The fourth-order valence-corrected chi connectivity index (χ4v) is 7.24. The summed E-state index contributed by atoms with van der Waals surface area (Å²) in [4.78, 5) is 27.9. The number of benzene rings is 1. The molecule has 1 N–H and O–H groups in total. The summed E-state index contributed by atoms with van der Waals surface area (Å²) in [5, 5.41) is 5.24. The highest BCUT2D eigenvalue weighted by atomic mass is 79.9. The summed E-state index contributed by atoms with van der Waals surface area (Å²) in [6.45, 7) is 7.80. The number of halogens is 1. The van der Waals surface area contributed by atoms with Crippen LogP contribution in [0, 0.1) is 0 Å². The Balaban J connectivity index is 1.62. The van der Waals surface area contributed by atoms with Gasteiger partial charge in [-0.1, -0.05) is 18.2 Å². The molecule has 1 aromatic heterocycles. The fourth-order valence-electron chi connectivity index (χ4n) is 5.90. The molecule has 0 spiro atoms. The van der Waals surface area contributed by atoms with E-state index in [2.05, 4.69) is 38.8 Å². The summed E-state index contributed by atoms with van der Waals surface area (Å²) in [5.41, 5.74) is 0.316. The number of hydrogen-bond donors (Lipinski definition) is 1. The van der Waals surface area contributed by atoms with Gasteiger partial charge in [0.25, 0.3) is 0 Å². The SMILES string of the molecule is C=CCN1CC[C@@]2(c3cccc(OC(C)=O)c3)C[C@H](NC(=O)/C=C/c3cc(Br)cs3)CC[C@]2(OC)C1. The Hall–Kier alpha value is -2.26. The van der Waals surface area contributed by atoms with Crippen LogP contribution in [0.5, 0.6) is 5.75 Å². The quantitative estimate of drug-likeness (QED) is 0.200. The molecule has 1 saturated heterocycles. The first-order valence-corrected chi connectivity index (χ1v) is 13.9. The van der Waals surface area contributed by atoms with Crippen molar-refractivity contribution >= 4 is 45.2 Å². The Morgan fingerprint density at radius 1 is 1.33 bits per heavy atom. The fraction of sp³-hybridized carbons (Fsp3) is 0.429. The van der Waals surface area contributed by atoms with E-state index in [1.165, 1.54) is 6.92 Å². The molecule has 2 aliphatic rings. The van der Waals surface area contributed by atoms with Gasteiger partial charge in [-0.25, -0.2) is 0 Å². The summed E-state index contributed by atoms with van der Waals surface area (Å²) in [6, 6.07) is 9.80. The van der Waals surface area contributed by atoms with Crippen molar-refractivity contribution in [2.24, 2.45) is 0 Å². The number of amides is 1. The topological polar surface area (TPSA) is 67.9 Å². The van der Waals surface area contributed by atoms with Gasteiger partial charge in [-0.15, -0.1) is 17.9 Å². The number of carbonyl (C=O) groups excluding carboxylic acids is 2. The molecule has 2 fully saturated rings. The molecule has 3 atom stereocenters. The first-order valence-electron chi connectivity index (χ1n) is 12.2. The first kappa shape index (κ1) is 26.8. The Bertz CT molecular complexity index is 1150. The number of rotatable bonds is 8. The first-order chi connectivity index (χ1) is 17.3. The maximum absolute atomic E-state index is 12.8. The molecule has 2 aromatic rings. The number of carbonyl (C=O) groups is 2. The van der Waals surface area contributed by atoms with E-state index in [1.54, 1.807) is 30.6 Å². The largest absolute Gasteiger partial charge is 0.427 e. The maximum Gasteiger partial charge on any atom is 0.308 e. The van der Waals surface area contributed by atoms with Gasteiger partial charge >= 0.3 is 5.97 Å². The molecule has 192 valence electrons. The number of nitrogens with zero attached hydrogens (tertiary/aromatic N) is 1. The smallest absolute Gasteiger partial charge is 0.308 e. The average molecular weight is 574 g/mol. The average Bonchev–Trinajstić information content (AvgIpc) is 3.28. The predicted molar refractivity (Wildman–Crippen MR) is 147 cm³/mol. The zero-order valence-electron chi connectivity index (χ0n) is 20.8. The van der Waals surface area contributed by atoms with Crippen molar-refractivity contribution in [2.75, 3.05) is 26.7 Å². The molecule has 1 aromatic carbocycles. The summed E-state index contributed by atoms with van der Waals surface area (Å²) in [5.74, 6) is 0.0910. The highest BCUT2D eigenvalue weighted by Gasteiger charge is 2.58. The molecule has 0 radical (unpaired) electrons. The third kappa shape index (κ3) is 5.67. The number of hydrogen-bond acceptors (Lipinski definition) is 6. The van der Waals surface area contributed by atoms with Crippen molar-refractivity contribution in [3.8, 4) is 5.75 Å². The molecule has 1 saturated carbocycles. The molecular weight excluding hydrogens is 540 g/mol. The monoisotopic (exact) mass is 572 g/mol. The van der Waals surface area contributed by atoms with Crippen LogP contribution >= 0.6 is 27.3 Å². The van der Waals surface area contributed by atoms with Gasteiger partial charge in [-0.2, -0.15) is 0 Å². The van der Waals surface area contributed by atoms with Gasteiger partial charge < -0.3 is 14.8 Å². The van der Waals surface area contributed by atoms with E-state index in [1.807, 2.05) is 35.7 Å². The number of ether oxygens (including phenoxy) is 2. The van der Waals surface area contributed by atoms with Crippen LogP contribution < -0.4 is 10.1 Å². The van der Waals surface area contributed by atoms with Gasteiger partial charge in [0.15, 0.2) is 0 Å². The number of methoxy groups -OCH3 is 1. The minimum absolute atomic E-state index is 0.00355. The minimum atomic E-state index is -0.427. The molecular formula is C28H33BrN2O4S. The molecule has 36 heavy (non-hydrogen) atoms. The normalized spacial score (nSPS) is 26.4. The van der Waals surface area contributed by atoms with Gasteiger partial charge in [-0.3, -0.25) is 14.5 Å². The van der Waals surface area contributed by atoms with E-state index in [-0.39, 0.29) is 23.3 Å². The lowest BCUT2D eigenvalue weighted by Crippen LogP contribution is -2.67. The van der Waals surface area contributed by atoms with Crippen LogP contribution in [0.15, 0.2) is 58.9 Å². The number of likely N-dealkylation sites (tertiary alicyclic amines) is 1. The molecule has 0 unspecified atom stereocenters. The molecule has 4 rings (SSSR count). The van der Waals surface area contributed by atoms with Crippen LogP contribution in [-0.2, 0) is 19.7 Å². The van der Waals surface area contributed by atoms with Crippen molar-refractivity contribution < 1.29 is 19.1 Å². The zero-order chi connectivity index (χ0) is 25.8. The van der Waals surface area contributed by atoms with Gasteiger partial charge in [0.05, 0.1) is 5.60 Å². The van der Waals surface area contributed by atoms with Crippen molar-refractivity contribution in [3.63, 3.8) is 0 Å². The number of piperidine rings is 1. The van der Waals surface area contributed by atoms with Crippen molar-refractivity contribution in [1.29, 1.82) is 0 Å². The molecule has 6 nitrogen and oxygen atoms in total. The molecule has 1 aliphatic carbocycles. The van der Waals surface area contributed by atoms with E-state index >= 15 is 0 Å². The standard InChI is InChI=1S/C28H33BrN2O4S/c1-4-13-31-14-12-27(21-6-5-7-24(15-21)35-20(2)32)17-23(10-11-28(27,19-31)34-3)30-26(33)9-8-25-16-22(29)18-36-25/h4-9,15-16,18,23H,1,10-14,17,19H2,2-3H3,(H,30,33)/b9-8+/t23-,27+,28+/m1/s1. The Morgan fingerprint density at radius 3 is 2.86 bits per heavy atom. The number of nitrogens with one attached hydrogen (secondary N) is 1. The Kier molecular flexibility index (Phi) is 8.50. The predicted octanol–water partition coefficient (Wildman–Crippen LogP) is 5.33. The minimum Gasteiger partial charge on any atom is -0.427 e. The van der Waals surface area contributed by atoms with E-state index in [4.69, 9.17) is 9.47 Å². The summed E-state index contributed by atoms with van der Waals surface area (Å²) >= 11 is 5.03. The van der Waals surface area contributed by atoms with Crippen molar-refractivity contribution in [1.82, 2.24) is 10.2 Å². The highest BCUT2D eigenvalue weighted by Crippen LogP contribution is 2.53.